The van der Waals surface area contributed by atoms with Gasteiger partial charge in [-0.25, -0.2) is 4.98 Å². The Hall–Kier alpha value is -1.17. The lowest BCUT2D eigenvalue weighted by Gasteiger charge is -2.29. The number of fused-ring (bicyclic) bond motifs is 1. The molecule has 1 aromatic heterocycles. The SMILES string of the molecule is CC(C)CN(CCOCCc1ccc2c(n1)NCCC2)[C@@H]1CCNC1. The maximum atomic E-state index is 5.93. The lowest BCUT2D eigenvalue weighted by molar-refractivity contribution is 0.0853. The molecule has 0 amide bonds. The maximum Gasteiger partial charge on any atom is 0.129 e. The van der Waals surface area contributed by atoms with Gasteiger partial charge in [0.1, 0.15) is 5.82 Å². The Morgan fingerprint density at radius 2 is 2.20 bits per heavy atom. The Morgan fingerprint density at radius 1 is 1.28 bits per heavy atom. The second-order valence-corrected chi connectivity index (χ2v) is 7.74. The topological polar surface area (TPSA) is 49.4 Å². The van der Waals surface area contributed by atoms with E-state index in [1.165, 1.54) is 18.4 Å². The van der Waals surface area contributed by atoms with Crippen LogP contribution in [0.25, 0.3) is 0 Å². The molecule has 1 saturated heterocycles. The van der Waals surface area contributed by atoms with Crippen LogP contribution in [0.1, 0.15) is 37.9 Å². The molecule has 0 radical (unpaired) electrons. The summed E-state index contributed by atoms with van der Waals surface area (Å²) in [6.07, 6.45) is 4.51. The predicted octanol–water partition coefficient (Wildman–Crippen LogP) is 2.32. The molecule has 5 heteroatoms. The van der Waals surface area contributed by atoms with Crippen molar-refractivity contribution in [2.75, 3.05) is 51.3 Å². The summed E-state index contributed by atoms with van der Waals surface area (Å²) in [5, 5.41) is 6.88. The third-order valence-electron chi connectivity index (χ3n) is 5.13. The summed E-state index contributed by atoms with van der Waals surface area (Å²) in [6, 6.07) is 5.06. The van der Waals surface area contributed by atoms with Gasteiger partial charge in [0.15, 0.2) is 0 Å². The Balaban J connectivity index is 1.38. The van der Waals surface area contributed by atoms with Crippen molar-refractivity contribution >= 4 is 5.82 Å². The molecule has 1 atom stereocenters. The van der Waals surface area contributed by atoms with Crippen molar-refractivity contribution in [2.45, 2.75) is 45.6 Å². The minimum atomic E-state index is 0.680. The van der Waals surface area contributed by atoms with E-state index < -0.39 is 0 Å². The van der Waals surface area contributed by atoms with Crippen LogP contribution in [0.3, 0.4) is 0 Å². The van der Waals surface area contributed by atoms with E-state index in [-0.39, 0.29) is 0 Å². The zero-order valence-electron chi connectivity index (χ0n) is 15.9. The minimum Gasteiger partial charge on any atom is -0.380 e. The summed E-state index contributed by atoms with van der Waals surface area (Å²) in [5.41, 5.74) is 2.48. The first kappa shape index (κ1) is 18.6. The Morgan fingerprint density at radius 3 is 3.00 bits per heavy atom. The van der Waals surface area contributed by atoms with Gasteiger partial charge in [0.05, 0.1) is 13.2 Å². The zero-order valence-corrected chi connectivity index (χ0v) is 15.9. The number of anilines is 1. The third-order valence-corrected chi connectivity index (χ3v) is 5.13. The fourth-order valence-electron chi connectivity index (χ4n) is 3.81. The molecule has 5 nitrogen and oxygen atoms in total. The molecule has 0 aliphatic carbocycles. The van der Waals surface area contributed by atoms with Gasteiger partial charge in [0.2, 0.25) is 0 Å². The van der Waals surface area contributed by atoms with Crippen molar-refractivity contribution in [3.8, 4) is 0 Å². The first-order valence-electron chi connectivity index (χ1n) is 9.97. The van der Waals surface area contributed by atoms with Crippen LogP contribution in [0, 0.1) is 5.92 Å². The molecule has 1 fully saturated rings. The van der Waals surface area contributed by atoms with E-state index in [1.807, 2.05) is 0 Å². The number of rotatable bonds is 9. The van der Waals surface area contributed by atoms with E-state index in [0.29, 0.717) is 12.0 Å². The quantitative estimate of drug-likeness (QED) is 0.672. The van der Waals surface area contributed by atoms with Crippen molar-refractivity contribution in [2.24, 2.45) is 5.92 Å². The first-order chi connectivity index (χ1) is 12.2. The van der Waals surface area contributed by atoms with Crippen molar-refractivity contribution in [3.63, 3.8) is 0 Å². The molecule has 3 heterocycles. The van der Waals surface area contributed by atoms with Crippen LogP contribution in [-0.4, -0.2) is 61.9 Å². The number of aromatic nitrogens is 1. The molecule has 2 N–H and O–H groups in total. The Labute approximate surface area is 152 Å². The van der Waals surface area contributed by atoms with E-state index in [1.54, 1.807) is 0 Å². The molecule has 0 aromatic carbocycles. The summed E-state index contributed by atoms with van der Waals surface area (Å²) < 4.78 is 5.93. The normalized spacial score (nSPS) is 20.1. The molecule has 1 aromatic rings. The highest BCUT2D eigenvalue weighted by Crippen LogP contribution is 2.19. The summed E-state index contributed by atoms with van der Waals surface area (Å²) in [6.45, 7) is 11.7. The van der Waals surface area contributed by atoms with Crippen LogP contribution >= 0.6 is 0 Å². The first-order valence-corrected chi connectivity index (χ1v) is 9.97. The smallest absolute Gasteiger partial charge is 0.129 e. The fourth-order valence-corrected chi connectivity index (χ4v) is 3.81. The van der Waals surface area contributed by atoms with Gasteiger partial charge in [0, 0.05) is 44.3 Å². The zero-order chi connectivity index (χ0) is 17.5. The number of ether oxygens (including phenoxy) is 1. The molecule has 3 rings (SSSR count). The van der Waals surface area contributed by atoms with Crippen molar-refractivity contribution < 1.29 is 4.74 Å². The van der Waals surface area contributed by atoms with Crippen molar-refractivity contribution in [1.82, 2.24) is 15.2 Å². The highest BCUT2D eigenvalue weighted by molar-refractivity contribution is 5.46. The Bertz CT molecular complexity index is 528. The monoisotopic (exact) mass is 346 g/mol. The van der Waals surface area contributed by atoms with E-state index in [0.717, 1.165) is 70.3 Å². The number of pyridine rings is 1. The van der Waals surface area contributed by atoms with Crippen LogP contribution in [0.2, 0.25) is 0 Å². The number of nitrogens with one attached hydrogen (secondary N) is 2. The number of hydrogen-bond acceptors (Lipinski definition) is 5. The summed E-state index contributed by atoms with van der Waals surface area (Å²) in [4.78, 5) is 7.34. The standard InChI is InChI=1S/C20H34N4O/c1-16(2)15-24(19-7-10-21-14-19)11-13-25-12-8-18-6-5-17-4-3-9-22-20(17)23-18/h5-6,16,19,21H,3-4,7-15H2,1-2H3,(H,22,23)/t19-/m1/s1. The van der Waals surface area contributed by atoms with E-state index in [4.69, 9.17) is 9.72 Å². The molecule has 2 aliphatic rings. The van der Waals surface area contributed by atoms with Crippen LogP contribution in [0.15, 0.2) is 12.1 Å². The van der Waals surface area contributed by atoms with Gasteiger partial charge >= 0.3 is 0 Å². The lowest BCUT2D eigenvalue weighted by atomic mass is 10.1. The molecular weight excluding hydrogens is 312 g/mol. The van der Waals surface area contributed by atoms with Gasteiger partial charge in [-0.3, -0.25) is 4.90 Å². The fraction of sp³-hybridized carbons (Fsp3) is 0.750. The van der Waals surface area contributed by atoms with E-state index in [2.05, 4.69) is 41.5 Å². The predicted molar refractivity (Wildman–Crippen MR) is 103 cm³/mol. The molecular formula is C20H34N4O. The van der Waals surface area contributed by atoms with Crippen LogP contribution in [-0.2, 0) is 17.6 Å². The van der Waals surface area contributed by atoms with E-state index in [9.17, 15) is 0 Å². The van der Waals surface area contributed by atoms with E-state index >= 15 is 0 Å². The van der Waals surface area contributed by atoms with Crippen LogP contribution in [0.5, 0.6) is 0 Å². The number of nitrogens with zero attached hydrogens (tertiary/aromatic N) is 2. The minimum absolute atomic E-state index is 0.680. The summed E-state index contributed by atoms with van der Waals surface area (Å²) in [5.74, 6) is 1.79. The molecule has 25 heavy (non-hydrogen) atoms. The molecule has 0 bridgehead atoms. The average molecular weight is 347 g/mol. The van der Waals surface area contributed by atoms with Crippen LogP contribution < -0.4 is 10.6 Å². The third kappa shape index (κ3) is 5.66. The molecule has 2 aliphatic heterocycles. The molecule has 0 spiro atoms. The highest BCUT2D eigenvalue weighted by atomic mass is 16.5. The maximum absolute atomic E-state index is 5.93. The van der Waals surface area contributed by atoms with Gasteiger partial charge in [0.25, 0.3) is 0 Å². The van der Waals surface area contributed by atoms with Gasteiger partial charge in [-0.15, -0.1) is 0 Å². The lowest BCUT2D eigenvalue weighted by Crippen LogP contribution is -2.41. The average Bonchev–Trinajstić information content (AvgIpc) is 3.14. The largest absolute Gasteiger partial charge is 0.380 e. The van der Waals surface area contributed by atoms with Gasteiger partial charge in [-0.05, 0) is 43.4 Å². The number of aryl methyl sites for hydroxylation is 1. The van der Waals surface area contributed by atoms with Crippen LogP contribution in [0.4, 0.5) is 5.82 Å². The van der Waals surface area contributed by atoms with Crippen molar-refractivity contribution in [3.05, 3.63) is 23.4 Å². The highest BCUT2D eigenvalue weighted by Gasteiger charge is 2.22. The molecule has 0 unspecified atom stereocenters. The van der Waals surface area contributed by atoms with Crippen molar-refractivity contribution in [1.29, 1.82) is 0 Å². The second-order valence-electron chi connectivity index (χ2n) is 7.74. The summed E-state index contributed by atoms with van der Waals surface area (Å²) in [7, 11) is 0. The molecule has 0 saturated carbocycles. The summed E-state index contributed by atoms with van der Waals surface area (Å²) >= 11 is 0. The van der Waals surface area contributed by atoms with Gasteiger partial charge in [-0.2, -0.15) is 0 Å². The molecule has 140 valence electrons. The number of hydrogen-bond donors (Lipinski definition) is 2. The van der Waals surface area contributed by atoms with Gasteiger partial charge < -0.3 is 15.4 Å². The Kier molecular flexibility index (Phi) is 7.08. The second kappa shape index (κ2) is 9.51. The van der Waals surface area contributed by atoms with Gasteiger partial charge in [-0.1, -0.05) is 19.9 Å².